The van der Waals surface area contributed by atoms with Crippen LogP contribution in [0.3, 0.4) is 0 Å². The van der Waals surface area contributed by atoms with Crippen molar-refractivity contribution < 1.29 is 9.53 Å². The standard InChI is InChI=1S/C19H27BrO2/c1-12-13(2)18(21)22-17(12)9-7-15-6-8-16-14(11-20)5-4-10-19(15,16)3/h11-12,15-17H,2,4-10H2,1,3H3/b14-11+. The molecule has 0 aromatic rings. The summed E-state index contributed by atoms with van der Waals surface area (Å²) in [5.74, 6) is 1.52. The van der Waals surface area contributed by atoms with Crippen LogP contribution in [0.4, 0.5) is 0 Å². The number of rotatable bonds is 3. The van der Waals surface area contributed by atoms with Gasteiger partial charge in [0.05, 0.1) is 0 Å². The smallest absolute Gasteiger partial charge is 0.334 e. The first kappa shape index (κ1) is 16.3. The van der Waals surface area contributed by atoms with E-state index in [0.717, 1.165) is 18.3 Å². The zero-order valence-electron chi connectivity index (χ0n) is 13.7. The van der Waals surface area contributed by atoms with E-state index in [1.807, 2.05) is 0 Å². The molecule has 1 aliphatic heterocycles. The normalized spacial score (nSPS) is 43.5. The molecule has 3 fully saturated rings. The third-order valence-electron chi connectivity index (χ3n) is 6.73. The second-order valence-corrected chi connectivity index (χ2v) is 8.16. The summed E-state index contributed by atoms with van der Waals surface area (Å²) < 4.78 is 5.50. The van der Waals surface area contributed by atoms with Crippen LogP contribution in [-0.4, -0.2) is 12.1 Å². The van der Waals surface area contributed by atoms with Crippen molar-refractivity contribution in [3.05, 3.63) is 22.7 Å². The van der Waals surface area contributed by atoms with Gasteiger partial charge in [0.1, 0.15) is 6.10 Å². The number of allylic oxidation sites excluding steroid dienone is 1. The fourth-order valence-corrected chi connectivity index (χ4v) is 5.70. The number of fused-ring (bicyclic) bond motifs is 1. The Hall–Kier alpha value is -0.570. The average Bonchev–Trinajstić information content (AvgIpc) is 2.96. The number of cyclic esters (lactones) is 1. The van der Waals surface area contributed by atoms with Crippen LogP contribution in [0.15, 0.2) is 22.7 Å². The molecule has 3 aliphatic rings. The van der Waals surface area contributed by atoms with Crippen molar-refractivity contribution in [3.8, 4) is 0 Å². The van der Waals surface area contributed by atoms with Crippen LogP contribution in [0, 0.1) is 23.2 Å². The highest BCUT2D eigenvalue weighted by Gasteiger charge is 2.49. The van der Waals surface area contributed by atoms with Gasteiger partial charge in [-0.3, -0.25) is 0 Å². The van der Waals surface area contributed by atoms with Crippen LogP contribution < -0.4 is 0 Å². The van der Waals surface area contributed by atoms with E-state index in [-0.39, 0.29) is 18.0 Å². The molecule has 3 rings (SSSR count). The molecular weight excluding hydrogens is 340 g/mol. The topological polar surface area (TPSA) is 26.3 Å². The lowest BCUT2D eigenvalue weighted by Crippen LogP contribution is -2.33. The van der Waals surface area contributed by atoms with Gasteiger partial charge in [-0.1, -0.05) is 41.9 Å². The van der Waals surface area contributed by atoms with Crippen LogP contribution in [-0.2, 0) is 9.53 Å². The minimum Gasteiger partial charge on any atom is -0.458 e. The largest absolute Gasteiger partial charge is 0.458 e. The zero-order chi connectivity index (χ0) is 15.9. The van der Waals surface area contributed by atoms with Crippen LogP contribution in [0.25, 0.3) is 0 Å². The molecule has 122 valence electrons. The Kier molecular flexibility index (Phi) is 4.55. The third-order valence-corrected chi connectivity index (χ3v) is 7.32. The van der Waals surface area contributed by atoms with Crippen molar-refractivity contribution in [1.82, 2.24) is 0 Å². The molecular formula is C19H27BrO2. The van der Waals surface area contributed by atoms with Gasteiger partial charge < -0.3 is 4.74 Å². The number of hydrogen-bond acceptors (Lipinski definition) is 2. The minimum absolute atomic E-state index is 0.0532. The second-order valence-electron chi connectivity index (χ2n) is 7.71. The van der Waals surface area contributed by atoms with Gasteiger partial charge in [-0.05, 0) is 67.2 Å². The molecule has 5 unspecified atom stereocenters. The summed E-state index contributed by atoms with van der Waals surface area (Å²) in [4.78, 5) is 13.8. The number of ether oxygens (including phenoxy) is 1. The summed E-state index contributed by atoms with van der Waals surface area (Å²) in [6, 6.07) is 0. The van der Waals surface area contributed by atoms with Gasteiger partial charge in [0.25, 0.3) is 0 Å². The summed E-state index contributed by atoms with van der Waals surface area (Å²) in [7, 11) is 0. The number of carbonyl (C=O) groups excluding carboxylic acids is 1. The Bertz CT molecular complexity index is 510. The first-order valence-corrected chi connectivity index (χ1v) is 9.58. The quantitative estimate of drug-likeness (QED) is 0.495. The van der Waals surface area contributed by atoms with Crippen LogP contribution in [0.1, 0.15) is 58.8 Å². The van der Waals surface area contributed by atoms with Crippen LogP contribution in [0.5, 0.6) is 0 Å². The predicted molar refractivity (Wildman–Crippen MR) is 92.6 cm³/mol. The van der Waals surface area contributed by atoms with Gasteiger partial charge >= 0.3 is 5.97 Å². The lowest BCUT2D eigenvalue weighted by atomic mass is 9.63. The molecule has 22 heavy (non-hydrogen) atoms. The van der Waals surface area contributed by atoms with E-state index in [4.69, 9.17) is 4.74 Å². The summed E-state index contributed by atoms with van der Waals surface area (Å²) in [5, 5.41) is 0. The van der Waals surface area contributed by atoms with Crippen molar-refractivity contribution in [1.29, 1.82) is 0 Å². The van der Waals surface area contributed by atoms with Gasteiger partial charge in [-0.15, -0.1) is 0 Å². The van der Waals surface area contributed by atoms with Gasteiger partial charge in [-0.25, -0.2) is 4.79 Å². The van der Waals surface area contributed by atoms with Gasteiger partial charge in [-0.2, -0.15) is 0 Å². The van der Waals surface area contributed by atoms with E-state index in [9.17, 15) is 4.79 Å². The van der Waals surface area contributed by atoms with E-state index in [1.54, 1.807) is 5.57 Å². The van der Waals surface area contributed by atoms with Crippen molar-refractivity contribution in [2.45, 2.75) is 64.9 Å². The predicted octanol–water partition coefficient (Wildman–Crippen LogP) is 5.38. The van der Waals surface area contributed by atoms with E-state index in [0.29, 0.717) is 11.0 Å². The molecule has 5 atom stereocenters. The van der Waals surface area contributed by atoms with Crippen molar-refractivity contribution in [3.63, 3.8) is 0 Å². The van der Waals surface area contributed by atoms with Gasteiger partial charge in [0, 0.05) is 11.5 Å². The minimum atomic E-state index is -0.185. The molecule has 1 saturated heterocycles. The highest BCUT2D eigenvalue weighted by atomic mass is 79.9. The van der Waals surface area contributed by atoms with E-state index >= 15 is 0 Å². The summed E-state index contributed by atoms with van der Waals surface area (Å²) in [6.45, 7) is 8.43. The maximum Gasteiger partial charge on any atom is 0.334 e. The second kappa shape index (κ2) is 6.14. The van der Waals surface area contributed by atoms with Crippen LogP contribution >= 0.6 is 15.9 Å². The molecule has 2 saturated carbocycles. The Balaban J connectivity index is 1.64. The maximum atomic E-state index is 11.6. The molecule has 2 aliphatic carbocycles. The molecule has 3 heteroatoms. The molecule has 1 heterocycles. The van der Waals surface area contributed by atoms with Gasteiger partial charge in [0.2, 0.25) is 0 Å². The van der Waals surface area contributed by atoms with E-state index in [2.05, 4.69) is 41.3 Å². The first-order valence-electron chi connectivity index (χ1n) is 8.66. The number of hydrogen-bond donors (Lipinski definition) is 0. The molecule has 2 nitrogen and oxygen atoms in total. The van der Waals surface area contributed by atoms with Crippen molar-refractivity contribution >= 4 is 21.9 Å². The van der Waals surface area contributed by atoms with Crippen molar-refractivity contribution in [2.75, 3.05) is 0 Å². The number of carbonyl (C=O) groups is 1. The van der Waals surface area contributed by atoms with Gasteiger partial charge in [0.15, 0.2) is 0 Å². The highest BCUT2D eigenvalue weighted by molar-refractivity contribution is 9.11. The average molecular weight is 367 g/mol. The Morgan fingerprint density at radius 2 is 2.18 bits per heavy atom. The highest BCUT2D eigenvalue weighted by Crippen LogP contribution is 2.58. The fourth-order valence-electron chi connectivity index (χ4n) is 5.15. The lowest BCUT2D eigenvalue weighted by Gasteiger charge is -2.42. The summed E-state index contributed by atoms with van der Waals surface area (Å²) in [5.41, 5.74) is 2.72. The van der Waals surface area contributed by atoms with E-state index < -0.39 is 0 Å². The van der Waals surface area contributed by atoms with E-state index in [1.165, 1.54) is 38.5 Å². The lowest BCUT2D eigenvalue weighted by molar-refractivity contribution is -0.139. The number of esters is 1. The summed E-state index contributed by atoms with van der Waals surface area (Å²) in [6.07, 6.45) is 8.79. The molecule has 0 aromatic carbocycles. The molecule has 0 bridgehead atoms. The molecule has 0 spiro atoms. The number of halogens is 1. The molecule has 0 aromatic heterocycles. The maximum absolute atomic E-state index is 11.6. The monoisotopic (exact) mass is 366 g/mol. The SMILES string of the molecule is C=C1C(=O)OC(CCC2CCC3/C(=C/Br)CCCC23C)C1C. The first-order chi connectivity index (χ1) is 10.5. The summed E-state index contributed by atoms with van der Waals surface area (Å²) >= 11 is 3.58. The Morgan fingerprint density at radius 1 is 1.41 bits per heavy atom. The third kappa shape index (κ3) is 2.60. The zero-order valence-corrected chi connectivity index (χ0v) is 15.3. The molecule has 0 amide bonds. The molecule has 0 radical (unpaired) electrons. The molecule has 0 N–H and O–H groups in total. The van der Waals surface area contributed by atoms with Crippen molar-refractivity contribution in [2.24, 2.45) is 23.2 Å². The Labute approximate surface area is 142 Å². The Morgan fingerprint density at radius 3 is 2.82 bits per heavy atom. The van der Waals surface area contributed by atoms with Crippen LogP contribution in [0.2, 0.25) is 0 Å². The fraction of sp³-hybridized carbons (Fsp3) is 0.737.